The summed E-state index contributed by atoms with van der Waals surface area (Å²) in [6, 6.07) is 0. The van der Waals surface area contributed by atoms with E-state index in [9.17, 15) is 5.11 Å². The van der Waals surface area contributed by atoms with Crippen LogP contribution in [0.1, 0.15) is 40.5 Å². The third kappa shape index (κ3) is 0.817. The Morgan fingerprint density at radius 3 is 2.31 bits per heavy atom. The number of aliphatic hydroxyl groups excluding tert-OH is 1. The second kappa shape index (κ2) is 2.38. The molecule has 2 aliphatic carbocycles. The highest BCUT2D eigenvalue weighted by atomic mass is 16.3. The van der Waals surface area contributed by atoms with Gasteiger partial charge < -0.3 is 5.11 Å². The van der Waals surface area contributed by atoms with Crippen LogP contribution in [0.2, 0.25) is 0 Å². The van der Waals surface area contributed by atoms with Crippen LogP contribution in [0.15, 0.2) is 11.6 Å². The van der Waals surface area contributed by atoms with Crippen molar-refractivity contribution in [2.75, 3.05) is 0 Å². The van der Waals surface area contributed by atoms with Crippen molar-refractivity contribution in [3.05, 3.63) is 11.6 Å². The van der Waals surface area contributed by atoms with Crippen molar-refractivity contribution in [1.82, 2.24) is 0 Å². The highest BCUT2D eigenvalue weighted by Gasteiger charge is 2.63. The first-order valence-corrected chi connectivity index (χ1v) is 5.29. The first kappa shape index (κ1) is 9.26. The first-order valence-electron chi connectivity index (χ1n) is 5.29. The molecule has 74 valence electrons. The fraction of sp³-hybridized carbons (Fsp3) is 0.833. The van der Waals surface area contributed by atoms with Crippen molar-refractivity contribution < 1.29 is 5.11 Å². The minimum Gasteiger partial charge on any atom is -0.388 e. The molecule has 2 rings (SSSR count). The van der Waals surface area contributed by atoms with E-state index in [1.165, 1.54) is 18.4 Å². The molecule has 0 saturated heterocycles. The molecular formula is C12H20O. The summed E-state index contributed by atoms with van der Waals surface area (Å²) >= 11 is 0. The van der Waals surface area contributed by atoms with Crippen LogP contribution < -0.4 is 0 Å². The fourth-order valence-corrected chi connectivity index (χ4v) is 3.52. The Morgan fingerprint density at radius 2 is 2.00 bits per heavy atom. The zero-order chi connectivity index (χ0) is 9.85. The summed E-state index contributed by atoms with van der Waals surface area (Å²) in [7, 11) is 0. The standard InChI is InChI=1S/C12H20O/c1-5-8-9-6-7-12(4,10(8)13)11(9,2)3/h5,9-10,13H,6-7H2,1-4H3. The molecule has 2 saturated carbocycles. The van der Waals surface area contributed by atoms with Gasteiger partial charge in [0.15, 0.2) is 0 Å². The molecular weight excluding hydrogens is 160 g/mol. The smallest absolute Gasteiger partial charge is 0.0811 e. The van der Waals surface area contributed by atoms with Gasteiger partial charge in [0, 0.05) is 5.41 Å². The maximum absolute atomic E-state index is 10.2. The average molecular weight is 180 g/mol. The van der Waals surface area contributed by atoms with Crippen molar-refractivity contribution >= 4 is 0 Å². The van der Waals surface area contributed by atoms with Crippen molar-refractivity contribution in [2.45, 2.75) is 46.6 Å². The van der Waals surface area contributed by atoms with E-state index < -0.39 is 0 Å². The molecule has 0 amide bonds. The maximum atomic E-state index is 10.2. The largest absolute Gasteiger partial charge is 0.388 e. The Bertz CT molecular complexity index is 264. The lowest BCUT2D eigenvalue weighted by molar-refractivity contribution is 0.0261. The highest BCUT2D eigenvalue weighted by molar-refractivity contribution is 5.31. The van der Waals surface area contributed by atoms with E-state index in [1.54, 1.807) is 0 Å². The number of fused-ring (bicyclic) bond motifs is 2. The lowest BCUT2D eigenvalue weighted by atomic mass is 9.70. The van der Waals surface area contributed by atoms with Crippen LogP contribution in [-0.4, -0.2) is 11.2 Å². The van der Waals surface area contributed by atoms with E-state index in [1.807, 2.05) is 0 Å². The van der Waals surface area contributed by atoms with Crippen LogP contribution in [0.3, 0.4) is 0 Å². The average Bonchev–Trinajstić information content (AvgIpc) is 2.36. The SMILES string of the molecule is CC=C1C2CCC(C)(C1O)C2(C)C. The number of hydrogen-bond donors (Lipinski definition) is 1. The van der Waals surface area contributed by atoms with E-state index in [2.05, 4.69) is 33.8 Å². The molecule has 1 N–H and O–H groups in total. The summed E-state index contributed by atoms with van der Waals surface area (Å²) in [5.74, 6) is 0.623. The second-order valence-electron chi connectivity index (χ2n) is 5.42. The molecule has 0 heterocycles. The first-order chi connectivity index (χ1) is 5.95. The Hall–Kier alpha value is -0.300. The number of aliphatic hydroxyl groups is 1. The van der Waals surface area contributed by atoms with Gasteiger partial charge in [0.2, 0.25) is 0 Å². The molecule has 0 radical (unpaired) electrons. The van der Waals surface area contributed by atoms with Crippen molar-refractivity contribution in [2.24, 2.45) is 16.7 Å². The molecule has 2 aliphatic rings. The fourth-order valence-electron chi connectivity index (χ4n) is 3.52. The zero-order valence-corrected chi connectivity index (χ0v) is 9.09. The predicted octanol–water partition coefficient (Wildman–Crippen LogP) is 2.75. The van der Waals surface area contributed by atoms with Gasteiger partial charge in [-0.3, -0.25) is 0 Å². The normalized spacial score (nSPS) is 50.4. The molecule has 13 heavy (non-hydrogen) atoms. The maximum Gasteiger partial charge on any atom is 0.0811 e. The van der Waals surface area contributed by atoms with Crippen molar-refractivity contribution in [3.8, 4) is 0 Å². The summed E-state index contributed by atoms with van der Waals surface area (Å²) in [6.45, 7) is 8.92. The van der Waals surface area contributed by atoms with Gasteiger partial charge in [0.05, 0.1) is 6.10 Å². The van der Waals surface area contributed by atoms with Crippen molar-refractivity contribution in [3.63, 3.8) is 0 Å². The van der Waals surface area contributed by atoms with Gasteiger partial charge in [-0.1, -0.05) is 26.8 Å². The third-order valence-corrected chi connectivity index (χ3v) is 4.95. The molecule has 1 heteroatoms. The van der Waals surface area contributed by atoms with Crippen LogP contribution in [0, 0.1) is 16.7 Å². The summed E-state index contributed by atoms with van der Waals surface area (Å²) in [4.78, 5) is 0. The van der Waals surface area contributed by atoms with Gasteiger partial charge in [0.1, 0.15) is 0 Å². The zero-order valence-electron chi connectivity index (χ0n) is 9.09. The van der Waals surface area contributed by atoms with Gasteiger partial charge in [-0.05, 0) is 36.7 Å². The van der Waals surface area contributed by atoms with E-state index >= 15 is 0 Å². The molecule has 3 unspecified atom stereocenters. The molecule has 0 aromatic carbocycles. The van der Waals surface area contributed by atoms with Crippen LogP contribution in [-0.2, 0) is 0 Å². The predicted molar refractivity (Wildman–Crippen MR) is 54.4 cm³/mol. The van der Waals surface area contributed by atoms with Crippen LogP contribution >= 0.6 is 0 Å². The second-order valence-corrected chi connectivity index (χ2v) is 5.42. The highest BCUT2D eigenvalue weighted by Crippen LogP contribution is 2.67. The van der Waals surface area contributed by atoms with E-state index in [4.69, 9.17) is 0 Å². The van der Waals surface area contributed by atoms with Gasteiger partial charge in [-0.2, -0.15) is 0 Å². The summed E-state index contributed by atoms with van der Waals surface area (Å²) in [5.41, 5.74) is 1.70. The molecule has 0 spiro atoms. The lowest BCUT2D eigenvalue weighted by Crippen LogP contribution is -2.35. The number of hydrogen-bond acceptors (Lipinski definition) is 1. The van der Waals surface area contributed by atoms with Gasteiger partial charge in [0.25, 0.3) is 0 Å². The van der Waals surface area contributed by atoms with E-state index in [0.717, 1.165) is 0 Å². The van der Waals surface area contributed by atoms with Gasteiger partial charge >= 0.3 is 0 Å². The van der Waals surface area contributed by atoms with Crippen LogP contribution in [0.25, 0.3) is 0 Å². The molecule has 3 atom stereocenters. The van der Waals surface area contributed by atoms with Gasteiger partial charge in [-0.25, -0.2) is 0 Å². The third-order valence-electron chi connectivity index (χ3n) is 4.95. The summed E-state index contributed by atoms with van der Waals surface area (Å²) in [5, 5.41) is 10.2. The Morgan fingerprint density at radius 1 is 1.38 bits per heavy atom. The topological polar surface area (TPSA) is 20.2 Å². The monoisotopic (exact) mass is 180 g/mol. The lowest BCUT2D eigenvalue weighted by Gasteiger charge is -2.36. The van der Waals surface area contributed by atoms with Crippen molar-refractivity contribution in [1.29, 1.82) is 0 Å². The molecule has 0 aliphatic heterocycles. The van der Waals surface area contributed by atoms with Gasteiger partial charge in [-0.15, -0.1) is 0 Å². The summed E-state index contributed by atoms with van der Waals surface area (Å²) < 4.78 is 0. The molecule has 2 bridgehead atoms. The van der Waals surface area contributed by atoms with E-state index in [0.29, 0.717) is 5.92 Å². The molecule has 2 fully saturated rings. The van der Waals surface area contributed by atoms with E-state index in [-0.39, 0.29) is 16.9 Å². The molecule has 1 nitrogen and oxygen atoms in total. The Balaban J connectivity index is 2.51. The van der Waals surface area contributed by atoms with Crippen LogP contribution in [0.5, 0.6) is 0 Å². The Labute approximate surface area is 80.8 Å². The quantitative estimate of drug-likeness (QED) is 0.568. The minimum absolute atomic E-state index is 0.125. The minimum atomic E-state index is -0.189. The molecule has 0 aromatic heterocycles. The number of allylic oxidation sites excluding steroid dienone is 1. The Kier molecular flexibility index (Phi) is 1.70. The summed E-state index contributed by atoms with van der Waals surface area (Å²) in [6.07, 6.45) is 4.39. The number of rotatable bonds is 0. The van der Waals surface area contributed by atoms with Crippen LogP contribution in [0.4, 0.5) is 0 Å². The molecule has 0 aromatic rings.